The SMILES string of the molecule is CCCOc1ccc(F)cc1C1(CC)OCCO1. The van der Waals surface area contributed by atoms with E-state index in [1.807, 2.05) is 13.8 Å². The highest BCUT2D eigenvalue weighted by Crippen LogP contribution is 2.40. The molecule has 2 rings (SSSR count). The first-order valence-electron chi connectivity index (χ1n) is 6.42. The number of ether oxygens (including phenoxy) is 3. The Balaban J connectivity index is 2.36. The van der Waals surface area contributed by atoms with Crippen LogP contribution in [0.1, 0.15) is 32.3 Å². The molecule has 4 heteroatoms. The van der Waals surface area contributed by atoms with Crippen LogP contribution < -0.4 is 4.74 Å². The van der Waals surface area contributed by atoms with Crippen molar-refractivity contribution in [1.82, 2.24) is 0 Å². The molecule has 18 heavy (non-hydrogen) atoms. The van der Waals surface area contributed by atoms with Gasteiger partial charge in [0.1, 0.15) is 11.6 Å². The molecule has 0 aliphatic carbocycles. The van der Waals surface area contributed by atoms with Gasteiger partial charge in [0, 0.05) is 6.42 Å². The molecule has 3 nitrogen and oxygen atoms in total. The maximum atomic E-state index is 13.5. The Morgan fingerprint density at radius 1 is 1.28 bits per heavy atom. The molecule has 0 spiro atoms. The predicted molar refractivity (Wildman–Crippen MR) is 66.1 cm³/mol. The normalized spacial score (nSPS) is 17.9. The lowest BCUT2D eigenvalue weighted by Crippen LogP contribution is -2.27. The second-order valence-corrected chi connectivity index (χ2v) is 4.29. The van der Waals surface area contributed by atoms with E-state index >= 15 is 0 Å². The van der Waals surface area contributed by atoms with E-state index in [4.69, 9.17) is 14.2 Å². The van der Waals surface area contributed by atoms with Crippen LogP contribution in [-0.4, -0.2) is 19.8 Å². The van der Waals surface area contributed by atoms with Gasteiger partial charge < -0.3 is 14.2 Å². The quantitative estimate of drug-likeness (QED) is 0.807. The second kappa shape index (κ2) is 5.67. The molecule has 100 valence electrons. The van der Waals surface area contributed by atoms with Crippen LogP contribution in [0.5, 0.6) is 5.75 Å². The van der Waals surface area contributed by atoms with Crippen molar-refractivity contribution >= 4 is 0 Å². The largest absolute Gasteiger partial charge is 0.493 e. The van der Waals surface area contributed by atoms with Crippen LogP contribution in [0.15, 0.2) is 18.2 Å². The highest BCUT2D eigenvalue weighted by atomic mass is 19.1. The van der Waals surface area contributed by atoms with Gasteiger partial charge in [0.05, 0.1) is 25.4 Å². The van der Waals surface area contributed by atoms with Crippen LogP contribution in [0.3, 0.4) is 0 Å². The standard InChI is InChI=1S/C14H19FO3/c1-3-7-16-13-6-5-11(15)10-12(13)14(4-2)17-8-9-18-14/h5-6,10H,3-4,7-9H2,1-2H3. The van der Waals surface area contributed by atoms with Gasteiger partial charge in [-0.05, 0) is 24.6 Å². The molecule has 0 radical (unpaired) electrons. The molecule has 1 fully saturated rings. The zero-order valence-electron chi connectivity index (χ0n) is 10.9. The summed E-state index contributed by atoms with van der Waals surface area (Å²) >= 11 is 0. The molecular formula is C14H19FO3. The van der Waals surface area contributed by atoms with Gasteiger partial charge in [0.25, 0.3) is 0 Å². The third kappa shape index (κ3) is 2.49. The number of hydrogen-bond donors (Lipinski definition) is 0. The lowest BCUT2D eigenvalue weighted by atomic mass is 10.0. The fourth-order valence-corrected chi connectivity index (χ4v) is 2.14. The molecule has 0 amide bonds. The molecule has 1 aromatic carbocycles. The summed E-state index contributed by atoms with van der Waals surface area (Å²) in [5.74, 6) is -0.520. The molecule has 0 bridgehead atoms. The van der Waals surface area contributed by atoms with Gasteiger partial charge >= 0.3 is 0 Å². The lowest BCUT2D eigenvalue weighted by Gasteiger charge is -2.28. The Hall–Kier alpha value is -1.13. The van der Waals surface area contributed by atoms with E-state index in [9.17, 15) is 4.39 Å². The monoisotopic (exact) mass is 254 g/mol. The first-order valence-corrected chi connectivity index (χ1v) is 6.42. The van der Waals surface area contributed by atoms with Crippen LogP contribution in [0.25, 0.3) is 0 Å². The molecule has 1 aliphatic heterocycles. The summed E-state index contributed by atoms with van der Waals surface area (Å²) in [4.78, 5) is 0. The van der Waals surface area contributed by atoms with Gasteiger partial charge in [-0.3, -0.25) is 0 Å². The first-order chi connectivity index (χ1) is 8.72. The van der Waals surface area contributed by atoms with E-state index in [-0.39, 0.29) is 5.82 Å². The first kappa shape index (κ1) is 13.3. The van der Waals surface area contributed by atoms with Crippen molar-refractivity contribution in [2.75, 3.05) is 19.8 Å². The third-order valence-corrected chi connectivity index (χ3v) is 3.03. The Morgan fingerprint density at radius 2 is 2.00 bits per heavy atom. The van der Waals surface area contributed by atoms with E-state index in [2.05, 4.69) is 0 Å². The van der Waals surface area contributed by atoms with Crippen LogP contribution in [0.4, 0.5) is 4.39 Å². The zero-order valence-corrected chi connectivity index (χ0v) is 10.9. The van der Waals surface area contributed by atoms with Crippen LogP contribution in [0, 0.1) is 5.82 Å². The van der Waals surface area contributed by atoms with Gasteiger partial charge in [-0.2, -0.15) is 0 Å². The van der Waals surface area contributed by atoms with E-state index in [0.717, 1.165) is 6.42 Å². The van der Waals surface area contributed by atoms with Crippen LogP contribution in [0.2, 0.25) is 0 Å². The number of rotatable bonds is 5. The molecule has 0 aromatic heterocycles. The van der Waals surface area contributed by atoms with Crippen molar-refractivity contribution in [3.63, 3.8) is 0 Å². The summed E-state index contributed by atoms with van der Waals surface area (Å²) in [5.41, 5.74) is 0.649. The number of hydrogen-bond acceptors (Lipinski definition) is 3. The van der Waals surface area contributed by atoms with Crippen molar-refractivity contribution in [2.24, 2.45) is 0 Å². The average molecular weight is 254 g/mol. The van der Waals surface area contributed by atoms with Crippen LogP contribution >= 0.6 is 0 Å². The van der Waals surface area contributed by atoms with Gasteiger partial charge in [0.15, 0.2) is 5.79 Å². The van der Waals surface area contributed by atoms with Gasteiger partial charge in [0.2, 0.25) is 0 Å². The highest BCUT2D eigenvalue weighted by molar-refractivity contribution is 5.38. The minimum atomic E-state index is -0.856. The van der Waals surface area contributed by atoms with Gasteiger partial charge in [-0.15, -0.1) is 0 Å². The highest BCUT2D eigenvalue weighted by Gasteiger charge is 2.39. The van der Waals surface area contributed by atoms with Gasteiger partial charge in [-0.1, -0.05) is 13.8 Å². The Labute approximate surface area is 107 Å². The Kier molecular flexibility index (Phi) is 4.19. The number of halogens is 1. The Morgan fingerprint density at radius 3 is 2.61 bits per heavy atom. The molecule has 1 aliphatic rings. The summed E-state index contributed by atoms with van der Waals surface area (Å²) in [6.07, 6.45) is 1.52. The van der Waals surface area contributed by atoms with Gasteiger partial charge in [-0.25, -0.2) is 4.39 Å². The summed E-state index contributed by atoms with van der Waals surface area (Å²) in [5, 5.41) is 0. The maximum absolute atomic E-state index is 13.5. The maximum Gasteiger partial charge on any atom is 0.198 e. The summed E-state index contributed by atoms with van der Waals surface area (Å²) in [6, 6.07) is 4.48. The van der Waals surface area contributed by atoms with E-state index in [1.165, 1.54) is 12.1 Å². The van der Waals surface area contributed by atoms with Crippen LogP contribution in [-0.2, 0) is 15.3 Å². The van der Waals surface area contributed by atoms with E-state index in [1.54, 1.807) is 6.07 Å². The molecule has 0 N–H and O–H groups in total. The Bertz CT molecular complexity index is 400. The van der Waals surface area contributed by atoms with Crippen molar-refractivity contribution < 1.29 is 18.6 Å². The molecule has 1 heterocycles. The summed E-state index contributed by atoms with van der Waals surface area (Å²) in [7, 11) is 0. The fourth-order valence-electron chi connectivity index (χ4n) is 2.14. The molecule has 0 unspecified atom stereocenters. The second-order valence-electron chi connectivity index (χ2n) is 4.29. The van der Waals surface area contributed by atoms with Crippen molar-refractivity contribution in [3.8, 4) is 5.75 Å². The van der Waals surface area contributed by atoms with Crippen molar-refractivity contribution in [2.45, 2.75) is 32.5 Å². The molecule has 1 saturated heterocycles. The predicted octanol–water partition coefficient (Wildman–Crippen LogP) is 3.22. The lowest BCUT2D eigenvalue weighted by molar-refractivity contribution is -0.168. The topological polar surface area (TPSA) is 27.7 Å². The van der Waals surface area contributed by atoms with E-state index < -0.39 is 5.79 Å². The molecule has 0 atom stereocenters. The fraction of sp³-hybridized carbons (Fsp3) is 0.571. The minimum absolute atomic E-state index is 0.305. The number of benzene rings is 1. The molecule has 0 saturated carbocycles. The third-order valence-electron chi connectivity index (χ3n) is 3.03. The van der Waals surface area contributed by atoms with E-state index in [0.29, 0.717) is 37.6 Å². The minimum Gasteiger partial charge on any atom is -0.493 e. The smallest absolute Gasteiger partial charge is 0.198 e. The summed E-state index contributed by atoms with van der Waals surface area (Å²) < 4.78 is 30.5. The molecular weight excluding hydrogens is 235 g/mol. The average Bonchev–Trinajstić information content (AvgIpc) is 2.87. The summed E-state index contributed by atoms with van der Waals surface area (Å²) in [6.45, 7) is 5.63. The van der Waals surface area contributed by atoms with Crippen molar-refractivity contribution in [3.05, 3.63) is 29.6 Å². The molecule has 1 aromatic rings. The van der Waals surface area contributed by atoms with Crippen molar-refractivity contribution in [1.29, 1.82) is 0 Å². The zero-order chi connectivity index (χ0) is 13.0.